The largest absolute Gasteiger partial charge is 0.496 e. The van der Waals surface area contributed by atoms with Crippen LogP contribution >= 0.6 is 24.0 Å². The van der Waals surface area contributed by atoms with Crippen LogP contribution in [0.2, 0.25) is 0 Å². The molecular weight excluding hydrogens is 465 g/mol. The Bertz CT molecular complexity index is 761. The predicted octanol–water partition coefficient (Wildman–Crippen LogP) is 2.96. The molecule has 1 fully saturated rings. The monoisotopic (exact) mass is 495 g/mol. The van der Waals surface area contributed by atoms with Crippen molar-refractivity contribution >= 4 is 35.8 Å². The predicted molar refractivity (Wildman–Crippen MR) is 126 cm³/mol. The maximum absolute atomic E-state index is 5.41. The number of anilines is 1. The van der Waals surface area contributed by atoms with Gasteiger partial charge in [-0.2, -0.15) is 0 Å². The number of hydrogen-bond donors (Lipinski definition) is 1. The molecule has 0 saturated carbocycles. The molecule has 1 aliphatic heterocycles. The summed E-state index contributed by atoms with van der Waals surface area (Å²) in [4.78, 5) is 13.5. The second-order valence-corrected chi connectivity index (χ2v) is 6.69. The Hall–Kier alpha value is -2.03. The summed E-state index contributed by atoms with van der Waals surface area (Å²) in [6.45, 7) is 6.69. The maximum atomic E-state index is 5.41. The lowest BCUT2D eigenvalue weighted by Crippen LogP contribution is -2.53. The zero-order valence-electron chi connectivity index (χ0n) is 16.9. The van der Waals surface area contributed by atoms with Crippen LogP contribution in [0.15, 0.2) is 47.6 Å². The van der Waals surface area contributed by atoms with Gasteiger partial charge in [0.2, 0.25) is 0 Å². The molecule has 3 rings (SSSR count). The molecule has 0 radical (unpaired) electrons. The van der Waals surface area contributed by atoms with E-state index in [9.17, 15) is 0 Å². The van der Waals surface area contributed by atoms with Gasteiger partial charge in [-0.05, 0) is 42.7 Å². The lowest BCUT2D eigenvalue weighted by molar-refractivity contribution is 0.372. The van der Waals surface area contributed by atoms with E-state index in [1.165, 1.54) is 5.56 Å². The average molecular weight is 495 g/mol. The van der Waals surface area contributed by atoms with Crippen LogP contribution in [0.25, 0.3) is 0 Å². The SMILES string of the molecule is CN=C(NCCc1ccc(C)c(OC)c1)N1CCN(c2ccccn2)CC1.I. The second kappa shape index (κ2) is 11.1. The fourth-order valence-corrected chi connectivity index (χ4v) is 3.36. The number of aromatic nitrogens is 1. The lowest BCUT2D eigenvalue weighted by atomic mass is 10.1. The van der Waals surface area contributed by atoms with Gasteiger partial charge in [0.05, 0.1) is 7.11 Å². The van der Waals surface area contributed by atoms with Crippen molar-refractivity contribution in [3.63, 3.8) is 0 Å². The highest BCUT2D eigenvalue weighted by Gasteiger charge is 2.20. The zero-order chi connectivity index (χ0) is 19.1. The molecule has 0 bridgehead atoms. The first-order valence-corrected chi connectivity index (χ1v) is 9.46. The van der Waals surface area contributed by atoms with Gasteiger partial charge in [-0.15, -0.1) is 24.0 Å². The van der Waals surface area contributed by atoms with Crippen molar-refractivity contribution in [3.8, 4) is 5.75 Å². The van der Waals surface area contributed by atoms with Gasteiger partial charge in [0.25, 0.3) is 0 Å². The van der Waals surface area contributed by atoms with Crippen molar-refractivity contribution < 1.29 is 4.74 Å². The molecule has 0 atom stereocenters. The standard InChI is InChI=1S/C21H29N5O.HI/c1-17-7-8-18(16-19(17)27-3)9-11-24-21(22-2)26-14-12-25(13-15-26)20-6-4-5-10-23-20;/h4-8,10,16H,9,11-15H2,1-3H3,(H,22,24);1H. The third-order valence-electron chi connectivity index (χ3n) is 4.93. The molecule has 6 nitrogen and oxygen atoms in total. The van der Waals surface area contributed by atoms with Gasteiger partial charge in [-0.1, -0.05) is 18.2 Å². The van der Waals surface area contributed by atoms with Crippen LogP contribution in [0.5, 0.6) is 5.75 Å². The molecule has 2 aromatic rings. The Morgan fingerprint density at radius 3 is 2.61 bits per heavy atom. The van der Waals surface area contributed by atoms with Gasteiger partial charge in [0.15, 0.2) is 5.96 Å². The van der Waals surface area contributed by atoms with Gasteiger partial charge in [0, 0.05) is 46.0 Å². The summed E-state index contributed by atoms with van der Waals surface area (Å²) in [5.41, 5.74) is 2.43. The smallest absolute Gasteiger partial charge is 0.193 e. The number of piperazine rings is 1. The Labute approximate surface area is 185 Å². The second-order valence-electron chi connectivity index (χ2n) is 6.69. The minimum absolute atomic E-state index is 0. The molecule has 0 spiro atoms. The molecule has 152 valence electrons. The maximum Gasteiger partial charge on any atom is 0.193 e. The number of pyridine rings is 1. The average Bonchev–Trinajstić information content (AvgIpc) is 2.73. The van der Waals surface area contributed by atoms with Crippen molar-refractivity contribution in [1.82, 2.24) is 15.2 Å². The Morgan fingerprint density at radius 1 is 1.18 bits per heavy atom. The number of aliphatic imine (C=N–C) groups is 1. The summed E-state index contributed by atoms with van der Waals surface area (Å²) in [7, 11) is 3.57. The van der Waals surface area contributed by atoms with E-state index < -0.39 is 0 Å². The number of guanidine groups is 1. The van der Waals surface area contributed by atoms with Crippen LogP contribution in [0.4, 0.5) is 5.82 Å². The van der Waals surface area contributed by atoms with Crippen LogP contribution in [0.3, 0.4) is 0 Å². The normalized spacial score (nSPS) is 14.5. The van der Waals surface area contributed by atoms with Crippen LogP contribution in [-0.2, 0) is 6.42 Å². The third kappa shape index (κ3) is 5.73. The van der Waals surface area contributed by atoms with Crippen molar-refractivity contribution in [2.24, 2.45) is 4.99 Å². The van der Waals surface area contributed by atoms with E-state index in [2.05, 4.69) is 56.3 Å². The molecule has 1 aromatic heterocycles. The Kier molecular flexibility index (Phi) is 8.82. The highest BCUT2D eigenvalue weighted by Crippen LogP contribution is 2.19. The molecule has 1 aliphatic rings. The summed E-state index contributed by atoms with van der Waals surface area (Å²) in [6.07, 6.45) is 2.78. The molecule has 0 amide bonds. The number of nitrogens with zero attached hydrogens (tertiary/aromatic N) is 4. The van der Waals surface area contributed by atoms with E-state index in [1.807, 2.05) is 25.4 Å². The van der Waals surface area contributed by atoms with Crippen molar-refractivity contribution in [1.29, 1.82) is 0 Å². The summed E-state index contributed by atoms with van der Waals surface area (Å²) in [6, 6.07) is 12.4. The Balaban J connectivity index is 0.00000280. The van der Waals surface area contributed by atoms with Crippen LogP contribution in [0, 0.1) is 6.92 Å². The summed E-state index contributed by atoms with van der Waals surface area (Å²) in [5.74, 6) is 2.96. The number of ether oxygens (including phenoxy) is 1. The van der Waals surface area contributed by atoms with Crippen LogP contribution in [-0.4, -0.2) is 62.7 Å². The highest BCUT2D eigenvalue weighted by atomic mass is 127. The van der Waals surface area contributed by atoms with E-state index in [1.54, 1.807) is 7.11 Å². The Morgan fingerprint density at radius 2 is 1.96 bits per heavy atom. The molecule has 7 heteroatoms. The number of methoxy groups -OCH3 is 1. The molecule has 2 heterocycles. The molecule has 0 unspecified atom stereocenters. The van der Waals surface area contributed by atoms with Crippen molar-refractivity contribution in [3.05, 3.63) is 53.7 Å². The van der Waals surface area contributed by atoms with Gasteiger partial charge in [-0.3, -0.25) is 4.99 Å². The number of nitrogens with one attached hydrogen (secondary N) is 1. The number of aryl methyl sites for hydroxylation is 1. The molecule has 1 saturated heterocycles. The van der Waals surface area contributed by atoms with Crippen molar-refractivity contribution in [2.75, 3.05) is 51.8 Å². The van der Waals surface area contributed by atoms with Gasteiger partial charge in [-0.25, -0.2) is 4.98 Å². The molecule has 0 aliphatic carbocycles. The summed E-state index contributed by atoms with van der Waals surface area (Å²) >= 11 is 0. The number of benzene rings is 1. The van der Waals surface area contributed by atoms with E-state index in [-0.39, 0.29) is 24.0 Å². The fraction of sp³-hybridized carbons (Fsp3) is 0.429. The van der Waals surface area contributed by atoms with Gasteiger partial charge in [0.1, 0.15) is 11.6 Å². The molecule has 1 N–H and O–H groups in total. The first-order chi connectivity index (χ1) is 13.2. The van der Waals surface area contributed by atoms with Crippen LogP contribution in [0.1, 0.15) is 11.1 Å². The number of halogens is 1. The molecular formula is C21H30IN5O. The van der Waals surface area contributed by atoms with Crippen molar-refractivity contribution in [2.45, 2.75) is 13.3 Å². The van der Waals surface area contributed by atoms with Gasteiger partial charge >= 0.3 is 0 Å². The highest BCUT2D eigenvalue weighted by molar-refractivity contribution is 14.0. The van der Waals surface area contributed by atoms with E-state index in [0.29, 0.717) is 0 Å². The minimum atomic E-state index is 0. The number of hydrogen-bond acceptors (Lipinski definition) is 4. The molecule has 28 heavy (non-hydrogen) atoms. The van der Waals surface area contributed by atoms with Crippen LogP contribution < -0.4 is 15.0 Å². The first kappa shape index (κ1) is 22.3. The fourth-order valence-electron chi connectivity index (χ4n) is 3.36. The first-order valence-electron chi connectivity index (χ1n) is 9.46. The lowest BCUT2D eigenvalue weighted by Gasteiger charge is -2.37. The van der Waals surface area contributed by atoms with E-state index in [4.69, 9.17) is 4.74 Å². The van der Waals surface area contributed by atoms with E-state index in [0.717, 1.165) is 62.2 Å². The van der Waals surface area contributed by atoms with E-state index >= 15 is 0 Å². The van der Waals surface area contributed by atoms with Gasteiger partial charge < -0.3 is 19.9 Å². The topological polar surface area (TPSA) is 53.0 Å². The summed E-state index contributed by atoms with van der Waals surface area (Å²) in [5, 5.41) is 3.50. The molecule has 1 aromatic carbocycles. The zero-order valence-corrected chi connectivity index (χ0v) is 19.2. The number of rotatable bonds is 5. The third-order valence-corrected chi connectivity index (χ3v) is 4.93. The summed E-state index contributed by atoms with van der Waals surface area (Å²) < 4.78 is 5.41. The minimum Gasteiger partial charge on any atom is -0.496 e. The quantitative estimate of drug-likeness (QED) is 0.393.